The molecule has 0 aromatic carbocycles. The van der Waals surface area contributed by atoms with E-state index in [-0.39, 0.29) is 0 Å². The molecule has 112 valence electrons. The topological polar surface area (TPSA) is 40.0 Å². The SMILES string of the molecule is CC.CN=C1C=CC(C(C)N2CCNCC2)=CC1=NC. The van der Waals surface area contributed by atoms with Crippen molar-refractivity contribution in [1.82, 2.24) is 10.2 Å². The van der Waals surface area contributed by atoms with Gasteiger partial charge < -0.3 is 5.32 Å². The number of allylic oxidation sites excluding steroid dienone is 2. The third kappa shape index (κ3) is 4.12. The van der Waals surface area contributed by atoms with E-state index in [1.165, 1.54) is 5.57 Å². The van der Waals surface area contributed by atoms with Crippen LogP contribution in [-0.4, -0.2) is 62.6 Å². The van der Waals surface area contributed by atoms with Crippen molar-refractivity contribution in [2.45, 2.75) is 26.8 Å². The number of hydrogen-bond acceptors (Lipinski definition) is 4. The van der Waals surface area contributed by atoms with Crippen molar-refractivity contribution in [2.75, 3.05) is 40.3 Å². The van der Waals surface area contributed by atoms with Crippen LogP contribution in [0.5, 0.6) is 0 Å². The number of hydrogen-bond donors (Lipinski definition) is 1. The van der Waals surface area contributed by atoms with Gasteiger partial charge in [-0.1, -0.05) is 19.9 Å². The van der Waals surface area contributed by atoms with E-state index in [2.05, 4.69) is 45.4 Å². The number of nitrogens with one attached hydrogen (secondary N) is 1. The minimum atomic E-state index is 0.443. The lowest BCUT2D eigenvalue weighted by Crippen LogP contribution is -2.48. The second kappa shape index (κ2) is 8.82. The minimum absolute atomic E-state index is 0.443. The Morgan fingerprint density at radius 2 is 1.65 bits per heavy atom. The fraction of sp³-hybridized carbons (Fsp3) is 0.625. The van der Waals surface area contributed by atoms with Crippen LogP contribution in [0.15, 0.2) is 33.8 Å². The summed E-state index contributed by atoms with van der Waals surface area (Å²) in [7, 11) is 3.63. The van der Waals surface area contributed by atoms with Crippen molar-refractivity contribution >= 4 is 11.4 Å². The second-order valence-corrected chi connectivity index (χ2v) is 4.66. The smallest absolute Gasteiger partial charge is 0.0826 e. The molecule has 0 aromatic heterocycles. The predicted octanol–water partition coefficient (Wildman–Crippen LogP) is 1.94. The van der Waals surface area contributed by atoms with Crippen LogP contribution in [0.25, 0.3) is 0 Å². The second-order valence-electron chi connectivity index (χ2n) is 4.66. The molecular weight excluding hydrogens is 248 g/mol. The zero-order valence-corrected chi connectivity index (χ0v) is 13.5. The van der Waals surface area contributed by atoms with Gasteiger partial charge in [0, 0.05) is 46.3 Å². The zero-order chi connectivity index (χ0) is 15.0. The normalized spacial score (nSPS) is 25.1. The van der Waals surface area contributed by atoms with E-state index in [0.717, 1.165) is 37.6 Å². The van der Waals surface area contributed by atoms with Crippen molar-refractivity contribution < 1.29 is 0 Å². The summed E-state index contributed by atoms with van der Waals surface area (Å²) in [5.41, 5.74) is 3.27. The first-order valence-corrected chi connectivity index (χ1v) is 7.54. The molecule has 0 aromatic rings. The third-order valence-electron chi connectivity index (χ3n) is 3.66. The first-order valence-electron chi connectivity index (χ1n) is 7.54. The monoisotopic (exact) mass is 276 g/mol. The first-order chi connectivity index (χ1) is 9.76. The average Bonchev–Trinajstić information content (AvgIpc) is 2.56. The molecule has 0 radical (unpaired) electrons. The van der Waals surface area contributed by atoms with E-state index in [9.17, 15) is 0 Å². The molecular formula is C16H28N4. The van der Waals surface area contributed by atoms with Gasteiger partial charge in [0.15, 0.2) is 0 Å². The molecule has 0 saturated carbocycles. The van der Waals surface area contributed by atoms with Crippen molar-refractivity contribution in [3.05, 3.63) is 23.8 Å². The Balaban J connectivity index is 0.000000956. The molecule has 1 N–H and O–H groups in total. The summed E-state index contributed by atoms with van der Waals surface area (Å²) in [5, 5.41) is 3.39. The molecule has 1 saturated heterocycles. The maximum Gasteiger partial charge on any atom is 0.0826 e. The standard InChI is InChI=1S/C14H22N4.C2H6/c1-11(18-8-6-17-7-9-18)12-4-5-13(15-2)14(10-12)16-3;1-2/h4-5,10-11,17H,6-9H2,1-3H3;1-2H3. The predicted molar refractivity (Wildman–Crippen MR) is 89.2 cm³/mol. The fourth-order valence-corrected chi connectivity index (χ4v) is 2.45. The van der Waals surface area contributed by atoms with Crippen LogP contribution in [0.1, 0.15) is 20.8 Å². The Hall–Kier alpha value is -1.26. The number of nitrogens with zero attached hydrogens (tertiary/aromatic N) is 3. The minimum Gasteiger partial charge on any atom is -0.314 e. The molecule has 1 fully saturated rings. The number of piperazine rings is 1. The van der Waals surface area contributed by atoms with Gasteiger partial charge in [0.25, 0.3) is 0 Å². The molecule has 2 aliphatic rings. The van der Waals surface area contributed by atoms with Gasteiger partial charge in [0.05, 0.1) is 11.4 Å². The largest absolute Gasteiger partial charge is 0.314 e. The number of rotatable bonds is 2. The maximum absolute atomic E-state index is 4.30. The molecule has 1 atom stereocenters. The van der Waals surface area contributed by atoms with Gasteiger partial charge in [-0.2, -0.15) is 0 Å². The van der Waals surface area contributed by atoms with Crippen LogP contribution in [0, 0.1) is 0 Å². The molecule has 1 aliphatic carbocycles. The van der Waals surface area contributed by atoms with Crippen molar-refractivity contribution in [3.8, 4) is 0 Å². The summed E-state index contributed by atoms with van der Waals surface area (Å²) in [6.45, 7) is 10.7. The van der Waals surface area contributed by atoms with E-state index in [4.69, 9.17) is 0 Å². The van der Waals surface area contributed by atoms with E-state index >= 15 is 0 Å². The molecule has 0 bridgehead atoms. The van der Waals surface area contributed by atoms with Gasteiger partial charge in [-0.05, 0) is 24.6 Å². The van der Waals surface area contributed by atoms with Gasteiger partial charge in [0.1, 0.15) is 0 Å². The lowest BCUT2D eigenvalue weighted by molar-refractivity contribution is 0.207. The number of aliphatic imine (C=N–C) groups is 2. The van der Waals surface area contributed by atoms with E-state index in [1.54, 1.807) is 0 Å². The zero-order valence-electron chi connectivity index (χ0n) is 13.5. The van der Waals surface area contributed by atoms with E-state index in [0.29, 0.717) is 6.04 Å². The molecule has 4 heteroatoms. The highest BCUT2D eigenvalue weighted by molar-refractivity contribution is 6.51. The lowest BCUT2D eigenvalue weighted by Gasteiger charge is -2.34. The van der Waals surface area contributed by atoms with Gasteiger partial charge >= 0.3 is 0 Å². The molecule has 1 aliphatic heterocycles. The molecule has 4 nitrogen and oxygen atoms in total. The Morgan fingerprint density at radius 3 is 2.20 bits per heavy atom. The van der Waals surface area contributed by atoms with Crippen LogP contribution in [0.2, 0.25) is 0 Å². The molecule has 2 rings (SSSR count). The summed E-state index contributed by atoms with van der Waals surface area (Å²) >= 11 is 0. The van der Waals surface area contributed by atoms with Gasteiger partial charge in [-0.15, -0.1) is 0 Å². The Kier molecular flexibility index (Phi) is 7.41. The van der Waals surface area contributed by atoms with Crippen LogP contribution in [0.3, 0.4) is 0 Å². The highest BCUT2D eigenvalue weighted by Crippen LogP contribution is 2.16. The molecule has 1 heterocycles. The van der Waals surface area contributed by atoms with Gasteiger partial charge in [-0.25, -0.2) is 0 Å². The maximum atomic E-state index is 4.30. The van der Waals surface area contributed by atoms with E-state index in [1.807, 2.05) is 27.9 Å². The van der Waals surface area contributed by atoms with Crippen LogP contribution < -0.4 is 5.32 Å². The highest BCUT2D eigenvalue weighted by Gasteiger charge is 2.21. The van der Waals surface area contributed by atoms with Crippen molar-refractivity contribution in [1.29, 1.82) is 0 Å². The van der Waals surface area contributed by atoms with Crippen LogP contribution in [0.4, 0.5) is 0 Å². The Labute approximate surface area is 123 Å². The summed E-state index contributed by atoms with van der Waals surface area (Å²) < 4.78 is 0. The first kappa shape index (κ1) is 16.8. The van der Waals surface area contributed by atoms with Crippen molar-refractivity contribution in [2.24, 2.45) is 9.98 Å². The van der Waals surface area contributed by atoms with Crippen molar-refractivity contribution in [3.63, 3.8) is 0 Å². The molecule has 0 spiro atoms. The van der Waals surface area contributed by atoms with Crippen LogP contribution in [-0.2, 0) is 0 Å². The molecule has 20 heavy (non-hydrogen) atoms. The third-order valence-corrected chi connectivity index (χ3v) is 3.66. The molecule has 0 amide bonds. The van der Waals surface area contributed by atoms with E-state index < -0.39 is 0 Å². The summed E-state index contributed by atoms with van der Waals surface area (Å²) in [5.74, 6) is 0. The average molecular weight is 276 g/mol. The quantitative estimate of drug-likeness (QED) is 0.783. The van der Waals surface area contributed by atoms with Gasteiger partial charge in [-0.3, -0.25) is 14.9 Å². The fourth-order valence-electron chi connectivity index (χ4n) is 2.45. The summed E-state index contributed by atoms with van der Waals surface area (Å²) in [6, 6.07) is 0.443. The highest BCUT2D eigenvalue weighted by atomic mass is 15.2. The molecule has 1 unspecified atom stereocenters. The lowest BCUT2D eigenvalue weighted by atomic mass is 9.97. The Bertz CT molecular complexity index is 412. The van der Waals surface area contributed by atoms with Gasteiger partial charge in [0.2, 0.25) is 0 Å². The summed E-state index contributed by atoms with van der Waals surface area (Å²) in [4.78, 5) is 11.0. The summed E-state index contributed by atoms with van der Waals surface area (Å²) in [6.07, 6.45) is 6.40. The Morgan fingerprint density at radius 1 is 1.05 bits per heavy atom. The van der Waals surface area contributed by atoms with Crippen LogP contribution >= 0.6 is 0 Å².